The van der Waals surface area contributed by atoms with Crippen molar-refractivity contribution in [2.75, 3.05) is 0 Å². The molecule has 0 saturated heterocycles. The summed E-state index contributed by atoms with van der Waals surface area (Å²) in [5, 5.41) is 10.8. The van der Waals surface area contributed by atoms with Gasteiger partial charge in [-0.1, -0.05) is 29.8 Å². The van der Waals surface area contributed by atoms with Crippen LogP contribution in [0.4, 0.5) is 4.39 Å². The first-order valence-corrected chi connectivity index (χ1v) is 6.60. The average Bonchev–Trinajstić information content (AvgIpc) is 2.36. The maximum absolute atomic E-state index is 13.0. The molecule has 100 valence electrons. The summed E-state index contributed by atoms with van der Waals surface area (Å²) in [5.74, 6) is -0.242. The van der Waals surface area contributed by atoms with E-state index in [4.69, 9.17) is 11.6 Å². The summed E-state index contributed by atoms with van der Waals surface area (Å²) in [6.07, 6.45) is 0.605. The van der Waals surface area contributed by atoms with Crippen molar-refractivity contribution in [3.05, 3.63) is 70.0 Å². The van der Waals surface area contributed by atoms with E-state index in [1.807, 2.05) is 31.2 Å². The van der Waals surface area contributed by atoms with Gasteiger partial charge in [0.1, 0.15) is 5.82 Å². The van der Waals surface area contributed by atoms with Gasteiger partial charge in [-0.25, -0.2) is 4.39 Å². The number of rotatable bonds is 4. The van der Waals surface area contributed by atoms with E-state index < -0.39 is 6.10 Å². The number of hydrogen-bond acceptors (Lipinski definition) is 1. The SMILES string of the molecule is Cc1cc(F)ccc1CC(O)Cc1ccc(Cl)cc1. The fourth-order valence-corrected chi connectivity index (χ4v) is 2.23. The van der Waals surface area contributed by atoms with Crippen LogP contribution in [0, 0.1) is 12.7 Å². The summed E-state index contributed by atoms with van der Waals surface area (Å²) in [6, 6.07) is 12.1. The number of aliphatic hydroxyl groups excluding tert-OH is 1. The lowest BCUT2D eigenvalue weighted by Crippen LogP contribution is -2.14. The number of halogens is 2. The highest BCUT2D eigenvalue weighted by atomic mass is 35.5. The fourth-order valence-electron chi connectivity index (χ4n) is 2.11. The van der Waals surface area contributed by atoms with Crippen molar-refractivity contribution in [3.8, 4) is 0 Å². The fraction of sp³-hybridized carbons (Fsp3) is 0.250. The quantitative estimate of drug-likeness (QED) is 0.898. The van der Waals surface area contributed by atoms with Gasteiger partial charge in [-0.2, -0.15) is 0 Å². The number of hydrogen-bond donors (Lipinski definition) is 1. The van der Waals surface area contributed by atoms with Crippen LogP contribution < -0.4 is 0 Å². The lowest BCUT2D eigenvalue weighted by atomic mass is 9.98. The maximum atomic E-state index is 13.0. The molecule has 2 aromatic carbocycles. The van der Waals surface area contributed by atoms with E-state index in [0.29, 0.717) is 17.9 Å². The second-order valence-electron chi connectivity index (χ2n) is 4.76. The normalized spacial score (nSPS) is 12.4. The Balaban J connectivity index is 2.01. The predicted octanol–water partition coefficient (Wildman–Crippen LogP) is 3.93. The molecule has 3 heteroatoms. The molecule has 1 atom stereocenters. The van der Waals surface area contributed by atoms with Gasteiger partial charge in [-0.05, 0) is 60.7 Å². The molecule has 19 heavy (non-hydrogen) atoms. The molecule has 0 aliphatic rings. The largest absolute Gasteiger partial charge is 0.392 e. The molecule has 0 aromatic heterocycles. The first kappa shape index (κ1) is 14.0. The number of aryl methyl sites for hydroxylation is 1. The second kappa shape index (κ2) is 6.18. The molecule has 0 amide bonds. The topological polar surface area (TPSA) is 20.2 Å². The van der Waals surface area contributed by atoms with Crippen LogP contribution in [0.1, 0.15) is 16.7 Å². The van der Waals surface area contributed by atoms with E-state index in [2.05, 4.69) is 0 Å². The van der Waals surface area contributed by atoms with E-state index in [1.165, 1.54) is 12.1 Å². The smallest absolute Gasteiger partial charge is 0.123 e. The summed E-state index contributed by atoms with van der Waals surface area (Å²) in [5.41, 5.74) is 2.88. The minimum Gasteiger partial charge on any atom is -0.392 e. The zero-order valence-electron chi connectivity index (χ0n) is 10.7. The Hall–Kier alpha value is -1.38. The molecule has 0 heterocycles. The molecule has 2 aromatic rings. The Bertz CT molecular complexity index is 551. The van der Waals surface area contributed by atoms with Gasteiger partial charge in [-0.3, -0.25) is 0 Å². The van der Waals surface area contributed by atoms with Gasteiger partial charge in [0.15, 0.2) is 0 Å². The van der Waals surface area contributed by atoms with Crippen LogP contribution in [0.3, 0.4) is 0 Å². The molecular formula is C16H16ClFO. The first-order chi connectivity index (χ1) is 9.04. The minimum atomic E-state index is -0.481. The minimum absolute atomic E-state index is 0.242. The van der Waals surface area contributed by atoms with Crippen LogP contribution >= 0.6 is 11.6 Å². The van der Waals surface area contributed by atoms with Crippen molar-refractivity contribution in [1.82, 2.24) is 0 Å². The third-order valence-electron chi connectivity index (χ3n) is 3.14. The monoisotopic (exact) mass is 278 g/mol. The van der Waals surface area contributed by atoms with E-state index in [1.54, 1.807) is 6.07 Å². The molecule has 0 aliphatic heterocycles. The van der Waals surface area contributed by atoms with Gasteiger partial charge in [0.2, 0.25) is 0 Å². The van der Waals surface area contributed by atoms with Crippen molar-refractivity contribution in [2.45, 2.75) is 25.9 Å². The second-order valence-corrected chi connectivity index (χ2v) is 5.20. The Labute approximate surface area is 117 Å². The third-order valence-corrected chi connectivity index (χ3v) is 3.40. The molecule has 0 aliphatic carbocycles. The van der Waals surface area contributed by atoms with Crippen LogP contribution in [0.15, 0.2) is 42.5 Å². The van der Waals surface area contributed by atoms with Crippen LogP contribution in [-0.2, 0) is 12.8 Å². The highest BCUT2D eigenvalue weighted by molar-refractivity contribution is 6.30. The Morgan fingerprint density at radius 3 is 2.42 bits per heavy atom. The van der Waals surface area contributed by atoms with Gasteiger partial charge in [0.05, 0.1) is 6.10 Å². The Morgan fingerprint density at radius 2 is 1.79 bits per heavy atom. The van der Waals surface area contributed by atoms with E-state index in [0.717, 1.165) is 16.7 Å². The molecular weight excluding hydrogens is 263 g/mol. The van der Waals surface area contributed by atoms with Gasteiger partial charge in [0, 0.05) is 5.02 Å². The zero-order chi connectivity index (χ0) is 13.8. The highest BCUT2D eigenvalue weighted by Gasteiger charge is 2.09. The highest BCUT2D eigenvalue weighted by Crippen LogP contribution is 2.16. The molecule has 1 nitrogen and oxygen atoms in total. The van der Waals surface area contributed by atoms with Gasteiger partial charge >= 0.3 is 0 Å². The van der Waals surface area contributed by atoms with Gasteiger partial charge in [-0.15, -0.1) is 0 Å². The average molecular weight is 279 g/mol. The Morgan fingerprint density at radius 1 is 1.11 bits per heavy atom. The molecule has 0 radical (unpaired) electrons. The molecule has 0 saturated carbocycles. The molecule has 2 rings (SSSR count). The zero-order valence-corrected chi connectivity index (χ0v) is 11.5. The summed E-state index contributed by atoms with van der Waals surface area (Å²) in [6.45, 7) is 1.85. The maximum Gasteiger partial charge on any atom is 0.123 e. The summed E-state index contributed by atoms with van der Waals surface area (Å²) >= 11 is 5.82. The standard InChI is InChI=1S/C16H16ClFO/c1-11-8-15(18)7-4-13(11)10-16(19)9-12-2-5-14(17)6-3-12/h2-8,16,19H,9-10H2,1H3. The van der Waals surface area contributed by atoms with E-state index in [9.17, 15) is 9.50 Å². The van der Waals surface area contributed by atoms with Crippen molar-refractivity contribution in [2.24, 2.45) is 0 Å². The van der Waals surface area contributed by atoms with Crippen molar-refractivity contribution < 1.29 is 9.50 Å². The summed E-state index contributed by atoms with van der Waals surface area (Å²) < 4.78 is 13.0. The van der Waals surface area contributed by atoms with E-state index in [-0.39, 0.29) is 5.82 Å². The lowest BCUT2D eigenvalue weighted by molar-refractivity contribution is 0.175. The van der Waals surface area contributed by atoms with Crippen molar-refractivity contribution in [3.63, 3.8) is 0 Å². The number of aliphatic hydroxyl groups is 1. The van der Waals surface area contributed by atoms with Crippen molar-refractivity contribution in [1.29, 1.82) is 0 Å². The Kier molecular flexibility index (Phi) is 4.56. The van der Waals surface area contributed by atoms with E-state index >= 15 is 0 Å². The summed E-state index contributed by atoms with van der Waals surface area (Å²) in [4.78, 5) is 0. The molecule has 1 unspecified atom stereocenters. The molecule has 1 N–H and O–H groups in total. The third kappa shape index (κ3) is 4.05. The molecule has 0 bridgehead atoms. The lowest BCUT2D eigenvalue weighted by Gasteiger charge is -2.13. The van der Waals surface area contributed by atoms with Crippen molar-refractivity contribution >= 4 is 11.6 Å². The van der Waals surface area contributed by atoms with Gasteiger partial charge < -0.3 is 5.11 Å². The van der Waals surface area contributed by atoms with Crippen LogP contribution in [0.5, 0.6) is 0 Å². The number of benzene rings is 2. The van der Waals surface area contributed by atoms with Crippen LogP contribution in [0.25, 0.3) is 0 Å². The molecule has 0 fully saturated rings. The first-order valence-electron chi connectivity index (χ1n) is 6.22. The predicted molar refractivity (Wildman–Crippen MR) is 76.0 cm³/mol. The molecule has 0 spiro atoms. The van der Waals surface area contributed by atoms with Crippen LogP contribution in [0.2, 0.25) is 5.02 Å². The van der Waals surface area contributed by atoms with Gasteiger partial charge in [0.25, 0.3) is 0 Å². The van der Waals surface area contributed by atoms with Crippen LogP contribution in [-0.4, -0.2) is 11.2 Å². The summed E-state index contributed by atoms with van der Waals surface area (Å²) in [7, 11) is 0.